The lowest BCUT2D eigenvalue weighted by atomic mass is 9.80. The van der Waals surface area contributed by atoms with Gasteiger partial charge in [0.05, 0.1) is 0 Å². The maximum atomic E-state index is 11.5. The zero-order valence-electron chi connectivity index (χ0n) is 9.24. The number of carbonyl (C=O) groups excluding carboxylic acids is 1. The van der Waals surface area contributed by atoms with Crippen molar-refractivity contribution in [2.45, 2.75) is 38.7 Å². The van der Waals surface area contributed by atoms with Crippen molar-refractivity contribution < 1.29 is 9.53 Å². The van der Waals surface area contributed by atoms with E-state index in [1.54, 1.807) is 6.92 Å². The topological polar surface area (TPSA) is 26.3 Å². The molecule has 4 aliphatic rings. The minimum Gasteiger partial charge on any atom is -0.458 e. The van der Waals surface area contributed by atoms with Crippen molar-refractivity contribution in [1.29, 1.82) is 0 Å². The summed E-state index contributed by atoms with van der Waals surface area (Å²) in [5.41, 5.74) is 0.535. The number of hydrogen-bond acceptors (Lipinski definition) is 2. The van der Waals surface area contributed by atoms with Crippen molar-refractivity contribution in [3.63, 3.8) is 0 Å². The molecule has 5 atom stereocenters. The van der Waals surface area contributed by atoms with Crippen LogP contribution in [0.3, 0.4) is 0 Å². The minimum atomic E-state index is -0.184. The summed E-state index contributed by atoms with van der Waals surface area (Å²) in [7, 11) is 0. The van der Waals surface area contributed by atoms with Crippen LogP contribution < -0.4 is 0 Å². The Morgan fingerprint density at radius 1 is 1.20 bits per heavy atom. The van der Waals surface area contributed by atoms with Crippen LogP contribution in [0.25, 0.3) is 0 Å². The molecule has 5 unspecified atom stereocenters. The maximum absolute atomic E-state index is 11.5. The van der Waals surface area contributed by atoms with Gasteiger partial charge >= 0.3 is 5.97 Å². The molecule has 0 aromatic carbocycles. The molecule has 2 nitrogen and oxygen atoms in total. The molecule has 0 aromatic rings. The van der Waals surface area contributed by atoms with Gasteiger partial charge in [-0.1, -0.05) is 6.58 Å². The predicted molar refractivity (Wildman–Crippen MR) is 57.1 cm³/mol. The van der Waals surface area contributed by atoms with Crippen molar-refractivity contribution in [2.75, 3.05) is 0 Å². The van der Waals surface area contributed by atoms with Crippen molar-refractivity contribution in [2.24, 2.45) is 23.7 Å². The summed E-state index contributed by atoms with van der Waals surface area (Å²) in [5, 5.41) is 0. The van der Waals surface area contributed by atoms with Crippen molar-refractivity contribution in [1.82, 2.24) is 0 Å². The van der Waals surface area contributed by atoms with E-state index in [1.807, 2.05) is 0 Å². The highest BCUT2D eigenvalue weighted by Crippen LogP contribution is 2.59. The molecule has 2 heteroatoms. The molecule has 4 aliphatic carbocycles. The molecule has 0 aliphatic heterocycles. The first-order valence-corrected chi connectivity index (χ1v) is 6.01. The molecular formula is C13H18O2. The fourth-order valence-electron chi connectivity index (χ4n) is 4.08. The summed E-state index contributed by atoms with van der Waals surface area (Å²) >= 11 is 0. The van der Waals surface area contributed by atoms with E-state index in [4.69, 9.17) is 4.74 Å². The average molecular weight is 206 g/mol. The van der Waals surface area contributed by atoms with E-state index in [0.717, 1.165) is 11.8 Å². The number of ether oxygens (including phenoxy) is 1. The van der Waals surface area contributed by atoms with Crippen LogP contribution in [0.2, 0.25) is 0 Å². The second-order valence-electron chi connectivity index (χ2n) is 5.64. The smallest absolute Gasteiger partial charge is 0.333 e. The Labute approximate surface area is 90.7 Å². The van der Waals surface area contributed by atoms with Gasteiger partial charge in [-0.2, -0.15) is 0 Å². The number of esters is 1. The van der Waals surface area contributed by atoms with E-state index in [2.05, 4.69) is 6.58 Å². The number of rotatable bonds is 2. The van der Waals surface area contributed by atoms with Crippen LogP contribution >= 0.6 is 0 Å². The van der Waals surface area contributed by atoms with Crippen LogP contribution in [0.5, 0.6) is 0 Å². The second-order valence-corrected chi connectivity index (χ2v) is 5.64. The van der Waals surface area contributed by atoms with Gasteiger partial charge in [0.1, 0.15) is 6.10 Å². The maximum Gasteiger partial charge on any atom is 0.333 e. The molecule has 4 fully saturated rings. The average Bonchev–Trinajstić information content (AvgIpc) is 2.59. The second kappa shape index (κ2) is 3.10. The monoisotopic (exact) mass is 206 g/mol. The lowest BCUT2D eigenvalue weighted by Crippen LogP contribution is -2.32. The van der Waals surface area contributed by atoms with Gasteiger partial charge in [0.25, 0.3) is 0 Å². The number of hydrogen-bond donors (Lipinski definition) is 0. The summed E-state index contributed by atoms with van der Waals surface area (Å²) in [4.78, 5) is 11.5. The Morgan fingerprint density at radius 3 is 2.60 bits per heavy atom. The third kappa shape index (κ3) is 1.34. The Balaban J connectivity index is 1.73. The molecule has 0 saturated heterocycles. The van der Waals surface area contributed by atoms with Crippen LogP contribution in [0.15, 0.2) is 12.2 Å². The summed E-state index contributed by atoms with van der Waals surface area (Å²) in [6, 6.07) is 0. The van der Waals surface area contributed by atoms with Gasteiger partial charge in [0.15, 0.2) is 0 Å². The van der Waals surface area contributed by atoms with Crippen molar-refractivity contribution in [3.05, 3.63) is 12.2 Å². The minimum absolute atomic E-state index is 0.184. The molecule has 82 valence electrons. The highest BCUT2D eigenvalue weighted by Gasteiger charge is 2.55. The van der Waals surface area contributed by atoms with Crippen LogP contribution in [0, 0.1) is 23.7 Å². The quantitative estimate of drug-likeness (QED) is 0.512. The lowest BCUT2D eigenvalue weighted by Gasteiger charge is -2.31. The molecule has 4 rings (SSSR count). The predicted octanol–water partition coefficient (Wildman–Crippen LogP) is 2.54. The van der Waals surface area contributed by atoms with E-state index in [9.17, 15) is 4.79 Å². The first kappa shape index (κ1) is 9.44. The van der Waals surface area contributed by atoms with E-state index in [-0.39, 0.29) is 12.1 Å². The third-order valence-electron chi connectivity index (χ3n) is 4.57. The first-order valence-electron chi connectivity index (χ1n) is 6.01. The fraction of sp³-hybridized carbons (Fsp3) is 0.769. The molecule has 4 bridgehead atoms. The van der Waals surface area contributed by atoms with E-state index in [1.165, 1.54) is 25.7 Å². The molecule has 0 spiro atoms. The summed E-state index contributed by atoms with van der Waals surface area (Å²) < 4.78 is 5.60. The van der Waals surface area contributed by atoms with Gasteiger partial charge in [0.2, 0.25) is 0 Å². The van der Waals surface area contributed by atoms with Crippen LogP contribution in [0.4, 0.5) is 0 Å². The molecular weight excluding hydrogens is 188 g/mol. The fourth-order valence-corrected chi connectivity index (χ4v) is 4.08. The molecule has 0 amide bonds. The zero-order chi connectivity index (χ0) is 10.6. The normalized spacial score (nSPS) is 45.8. The Bertz CT molecular complexity index is 316. The Morgan fingerprint density at radius 2 is 1.93 bits per heavy atom. The van der Waals surface area contributed by atoms with Crippen LogP contribution in [-0.2, 0) is 9.53 Å². The Hall–Kier alpha value is -0.790. The molecule has 0 heterocycles. The zero-order valence-corrected chi connectivity index (χ0v) is 9.24. The van der Waals surface area contributed by atoms with Gasteiger partial charge in [0, 0.05) is 5.57 Å². The highest BCUT2D eigenvalue weighted by atomic mass is 16.5. The molecule has 0 N–H and O–H groups in total. The molecule has 4 saturated carbocycles. The van der Waals surface area contributed by atoms with Crippen LogP contribution in [0.1, 0.15) is 32.6 Å². The van der Waals surface area contributed by atoms with Crippen LogP contribution in [-0.4, -0.2) is 12.1 Å². The molecule has 15 heavy (non-hydrogen) atoms. The molecule has 0 aromatic heterocycles. The highest BCUT2D eigenvalue weighted by molar-refractivity contribution is 5.87. The van der Waals surface area contributed by atoms with Crippen molar-refractivity contribution >= 4 is 5.97 Å². The summed E-state index contributed by atoms with van der Waals surface area (Å²) in [6.07, 6.45) is 5.51. The van der Waals surface area contributed by atoms with E-state index in [0.29, 0.717) is 17.4 Å². The Kier molecular flexibility index (Phi) is 1.95. The first-order chi connectivity index (χ1) is 7.15. The van der Waals surface area contributed by atoms with Gasteiger partial charge < -0.3 is 4.74 Å². The third-order valence-corrected chi connectivity index (χ3v) is 4.57. The van der Waals surface area contributed by atoms with Gasteiger partial charge in [-0.15, -0.1) is 0 Å². The van der Waals surface area contributed by atoms with Crippen molar-refractivity contribution in [3.8, 4) is 0 Å². The summed E-state index contributed by atoms with van der Waals surface area (Å²) in [5.74, 6) is 2.96. The SMILES string of the molecule is C=C(C)C(=O)OC1C2CC3CC(C2)C1C3. The van der Waals surface area contributed by atoms with Gasteiger partial charge in [-0.3, -0.25) is 0 Å². The standard InChI is InChI=1S/C13H18O2/c1-7(2)13(14)15-12-10-4-8-3-9(6-10)11(12)5-8/h8-12H,1,3-6H2,2H3. The molecule has 0 radical (unpaired) electrons. The largest absolute Gasteiger partial charge is 0.458 e. The van der Waals surface area contributed by atoms with Gasteiger partial charge in [-0.05, 0) is 56.3 Å². The lowest BCUT2D eigenvalue weighted by molar-refractivity contribution is -0.149. The van der Waals surface area contributed by atoms with E-state index >= 15 is 0 Å². The van der Waals surface area contributed by atoms with Gasteiger partial charge in [-0.25, -0.2) is 4.79 Å². The summed E-state index contributed by atoms with van der Waals surface area (Å²) in [6.45, 7) is 5.38. The van der Waals surface area contributed by atoms with E-state index < -0.39 is 0 Å². The number of carbonyl (C=O) groups is 1.